The van der Waals surface area contributed by atoms with Crippen molar-refractivity contribution in [2.75, 3.05) is 25.5 Å². The van der Waals surface area contributed by atoms with Gasteiger partial charge in [0, 0.05) is 32.3 Å². The van der Waals surface area contributed by atoms with E-state index in [-0.39, 0.29) is 6.10 Å². The number of aromatic nitrogens is 2. The zero-order valence-electron chi connectivity index (χ0n) is 10.5. The Hall–Kier alpha value is -1.36. The molecule has 2 unspecified atom stereocenters. The van der Waals surface area contributed by atoms with Crippen LogP contribution in [0.15, 0.2) is 12.3 Å². The molecular weight excluding hydrogens is 216 g/mol. The van der Waals surface area contributed by atoms with Gasteiger partial charge in [-0.1, -0.05) is 0 Å². The van der Waals surface area contributed by atoms with Crippen molar-refractivity contribution in [3.63, 3.8) is 0 Å². The van der Waals surface area contributed by atoms with Crippen LogP contribution in [0.1, 0.15) is 19.3 Å². The number of hydrogen-bond acceptors (Lipinski definition) is 5. The van der Waals surface area contributed by atoms with Gasteiger partial charge in [-0.15, -0.1) is 0 Å². The maximum atomic E-state index is 5.91. The van der Waals surface area contributed by atoms with Crippen LogP contribution in [0.5, 0.6) is 5.88 Å². The van der Waals surface area contributed by atoms with E-state index in [2.05, 4.69) is 9.97 Å². The van der Waals surface area contributed by atoms with Crippen molar-refractivity contribution in [2.24, 2.45) is 11.7 Å². The van der Waals surface area contributed by atoms with Crippen LogP contribution in [-0.2, 0) is 0 Å². The molecule has 2 N–H and O–H groups in total. The topological polar surface area (TPSA) is 64.3 Å². The molecule has 2 atom stereocenters. The van der Waals surface area contributed by atoms with E-state index in [0.717, 1.165) is 12.8 Å². The fourth-order valence-corrected chi connectivity index (χ4v) is 2.20. The summed E-state index contributed by atoms with van der Waals surface area (Å²) in [6.45, 7) is 0.691. The Morgan fingerprint density at radius 1 is 1.47 bits per heavy atom. The van der Waals surface area contributed by atoms with E-state index in [1.54, 1.807) is 12.3 Å². The average molecular weight is 236 g/mol. The molecule has 5 heteroatoms. The van der Waals surface area contributed by atoms with E-state index >= 15 is 0 Å². The number of rotatable bonds is 4. The van der Waals surface area contributed by atoms with Crippen LogP contribution in [0, 0.1) is 5.92 Å². The highest BCUT2D eigenvalue weighted by Gasteiger charge is 2.28. The highest BCUT2D eigenvalue weighted by molar-refractivity contribution is 5.29. The first-order valence-corrected chi connectivity index (χ1v) is 6.08. The normalized spacial score (nSPS) is 23.7. The van der Waals surface area contributed by atoms with E-state index < -0.39 is 0 Å². The quantitative estimate of drug-likeness (QED) is 0.846. The van der Waals surface area contributed by atoms with Crippen LogP contribution in [-0.4, -0.2) is 36.7 Å². The minimum Gasteiger partial charge on any atom is -0.474 e. The van der Waals surface area contributed by atoms with E-state index in [4.69, 9.17) is 10.5 Å². The van der Waals surface area contributed by atoms with Crippen LogP contribution in [0.3, 0.4) is 0 Å². The Balaban J connectivity index is 2.05. The van der Waals surface area contributed by atoms with Gasteiger partial charge in [-0.3, -0.25) is 0 Å². The molecule has 0 aliphatic heterocycles. The van der Waals surface area contributed by atoms with Gasteiger partial charge in [0.25, 0.3) is 0 Å². The highest BCUT2D eigenvalue weighted by Crippen LogP contribution is 2.28. The molecule has 5 nitrogen and oxygen atoms in total. The number of nitrogens with two attached hydrogens (primary N) is 1. The molecule has 1 aromatic rings. The lowest BCUT2D eigenvalue weighted by Crippen LogP contribution is -2.28. The van der Waals surface area contributed by atoms with Crippen LogP contribution in [0.4, 0.5) is 5.95 Å². The molecule has 1 fully saturated rings. The molecule has 0 radical (unpaired) electrons. The third kappa shape index (κ3) is 2.85. The third-order valence-electron chi connectivity index (χ3n) is 3.18. The summed E-state index contributed by atoms with van der Waals surface area (Å²) in [7, 11) is 3.83. The molecule has 0 saturated heterocycles. The van der Waals surface area contributed by atoms with Crippen LogP contribution >= 0.6 is 0 Å². The van der Waals surface area contributed by atoms with Crippen LogP contribution in [0.2, 0.25) is 0 Å². The minimum absolute atomic E-state index is 0.213. The summed E-state index contributed by atoms with van der Waals surface area (Å²) in [5.41, 5.74) is 5.73. The van der Waals surface area contributed by atoms with Gasteiger partial charge in [0.1, 0.15) is 6.10 Å². The maximum Gasteiger partial charge on any atom is 0.228 e. The first kappa shape index (κ1) is 12.1. The van der Waals surface area contributed by atoms with E-state index in [1.807, 2.05) is 19.0 Å². The number of hydrogen-bond donors (Lipinski definition) is 1. The van der Waals surface area contributed by atoms with Crippen molar-refractivity contribution in [3.05, 3.63) is 12.3 Å². The lowest BCUT2D eigenvalue weighted by molar-refractivity contribution is 0.155. The van der Waals surface area contributed by atoms with Gasteiger partial charge in [-0.05, 0) is 25.8 Å². The summed E-state index contributed by atoms with van der Waals surface area (Å²) in [6, 6.07) is 1.80. The van der Waals surface area contributed by atoms with E-state index in [1.165, 1.54) is 6.42 Å². The van der Waals surface area contributed by atoms with Crippen molar-refractivity contribution < 1.29 is 4.74 Å². The minimum atomic E-state index is 0.213. The Labute approximate surface area is 102 Å². The second-order valence-electron chi connectivity index (χ2n) is 4.67. The predicted octanol–water partition coefficient (Wildman–Crippen LogP) is 1.05. The molecule has 17 heavy (non-hydrogen) atoms. The summed E-state index contributed by atoms with van der Waals surface area (Å²) in [6.07, 6.45) is 5.36. The lowest BCUT2D eigenvalue weighted by Gasteiger charge is -2.19. The Morgan fingerprint density at radius 3 is 3.00 bits per heavy atom. The molecule has 94 valence electrons. The largest absolute Gasteiger partial charge is 0.474 e. The van der Waals surface area contributed by atoms with Gasteiger partial charge in [-0.2, -0.15) is 4.98 Å². The zero-order valence-corrected chi connectivity index (χ0v) is 10.5. The molecular formula is C12H20N4O. The van der Waals surface area contributed by atoms with Crippen LogP contribution < -0.4 is 15.4 Å². The van der Waals surface area contributed by atoms with Crippen LogP contribution in [0.25, 0.3) is 0 Å². The summed E-state index contributed by atoms with van der Waals surface area (Å²) in [4.78, 5) is 10.4. The van der Waals surface area contributed by atoms with Gasteiger partial charge in [0.05, 0.1) is 0 Å². The van der Waals surface area contributed by atoms with Gasteiger partial charge in [0.15, 0.2) is 0 Å². The van der Waals surface area contributed by atoms with Crippen molar-refractivity contribution in [1.82, 2.24) is 9.97 Å². The fourth-order valence-electron chi connectivity index (χ4n) is 2.20. The number of nitrogens with zero attached hydrogens (tertiary/aromatic N) is 3. The first-order valence-electron chi connectivity index (χ1n) is 6.08. The first-order chi connectivity index (χ1) is 8.20. The van der Waals surface area contributed by atoms with E-state index in [0.29, 0.717) is 24.3 Å². The fraction of sp³-hybridized carbons (Fsp3) is 0.667. The molecule has 1 saturated carbocycles. The molecule has 0 amide bonds. The molecule has 1 aliphatic rings. The predicted molar refractivity (Wildman–Crippen MR) is 67.2 cm³/mol. The van der Waals surface area contributed by atoms with Gasteiger partial charge in [-0.25, -0.2) is 4.98 Å². The van der Waals surface area contributed by atoms with Crippen molar-refractivity contribution in [2.45, 2.75) is 25.4 Å². The molecule has 2 rings (SSSR count). The second kappa shape index (κ2) is 5.31. The molecule has 1 aromatic heterocycles. The molecule has 0 bridgehead atoms. The summed E-state index contributed by atoms with van der Waals surface area (Å²) < 4.78 is 5.91. The molecule has 1 aliphatic carbocycles. The molecule has 0 aromatic carbocycles. The monoisotopic (exact) mass is 236 g/mol. The zero-order chi connectivity index (χ0) is 12.3. The van der Waals surface area contributed by atoms with Crippen molar-refractivity contribution in [3.8, 4) is 5.88 Å². The van der Waals surface area contributed by atoms with E-state index in [9.17, 15) is 0 Å². The molecule has 0 spiro atoms. The Morgan fingerprint density at radius 2 is 2.29 bits per heavy atom. The Kier molecular flexibility index (Phi) is 3.78. The van der Waals surface area contributed by atoms with Gasteiger partial charge < -0.3 is 15.4 Å². The standard InChI is InChI=1S/C12H20N4O/c1-16(2)12-14-7-6-11(15-12)17-10-5-3-4-9(10)8-13/h6-7,9-10H,3-5,8,13H2,1-2H3. The highest BCUT2D eigenvalue weighted by atomic mass is 16.5. The SMILES string of the molecule is CN(C)c1nccc(OC2CCCC2CN)n1. The Bertz CT molecular complexity index is 369. The average Bonchev–Trinajstić information content (AvgIpc) is 2.76. The van der Waals surface area contributed by atoms with Gasteiger partial charge in [0.2, 0.25) is 11.8 Å². The second-order valence-corrected chi connectivity index (χ2v) is 4.67. The van der Waals surface area contributed by atoms with Gasteiger partial charge >= 0.3 is 0 Å². The maximum absolute atomic E-state index is 5.91. The summed E-state index contributed by atoms with van der Waals surface area (Å²) in [5.74, 6) is 1.78. The summed E-state index contributed by atoms with van der Waals surface area (Å²) in [5, 5.41) is 0. The number of anilines is 1. The number of ether oxygens (including phenoxy) is 1. The summed E-state index contributed by atoms with van der Waals surface area (Å²) >= 11 is 0. The molecule has 1 heterocycles. The van der Waals surface area contributed by atoms with Crippen molar-refractivity contribution >= 4 is 5.95 Å². The third-order valence-corrected chi connectivity index (χ3v) is 3.18. The lowest BCUT2D eigenvalue weighted by atomic mass is 10.1. The smallest absolute Gasteiger partial charge is 0.228 e. The van der Waals surface area contributed by atoms with Crippen molar-refractivity contribution in [1.29, 1.82) is 0 Å².